The lowest BCUT2D eigenvalue weighted by atomic mass is 9.76. The molecule has 0 aliphatic carbocycles. The molecule has 2 aromatic rings. The molecule has 1 saturated heterocycles. The quantitative estimate of drug-likeness (QED) is 0.754. The van der Waals surface area contributed by atoms with Gasteiger partial charge in [-0.3, -0.25) is 0 Å². The molecule has 0 atom stereocenters. The molecule has 0 aromatic heterocycles. The van der Waals surface area contributed by atoms with Crippen LogP contribution in [0.15, 0.2) is 42.5 Å². The Morgan fingerprint density at radius 1 is 0.826 bits per heavy atom. The zero-order valence-corrected chi connectivity index (χ0v) is 14.1. The summed E-state index contributed by atoms with van der Waals surface area (Å²) in [6.45, 7) is 8.86. The van der Waals surface area contributed by atoms with Crippen LogP contribution in [0.2, 0.25) is 0 Å². The Balaban J connectivity index is 1.80. The van der Waals surface area contributed by atoms with Crippen LogP contribution in [0.3, 0.4) is 0 Å². The molecule has 0 radical (unpaired) electrons. The maximum Gasteiger partial charge on any atom is 0.498 e. The first kappa shape index (κ1) is 14.8. The van der Waals surface area contributed by atoms with E-state index >= 15 is 0 Å². The highest BCUT2D eigenvalue weighted by Crippen LogP contribution is 2.40. The van der Waals surface area contributed by atoms with Crippen LogP contribution >= 0.6 is 0 Å². The second-order valence-electron chi connectivity index (χ2n) is 7.26. The van der Waals surface area contributed by atoms with Gasteiger partial charge in [0.1, 0.15) is 12.4 Å². The first-order chi connectivity index (χ1) is 10.9. The van der Waals surface area contributed by atoms with Crippen molar-refractivity contribution in [1.82, 2.24) is 0 Å². The van der Waals surface area contributed by atoms with Crippen LogP contribution in [0.1, 0.15) is 33.3 Å². The van der Waals surface area contributed by atoms with Gasteiger partial charge < -0.3 is 14.0 Å². The van der Waals surface area contributed by atoms with Gasteiger partial charge in [0, 0.05) is 11.0 Å². The Labute approximate surface area is 137 Å². The lowest BCUT2D eigenvalue weighted by Crippen LogP contribution is -2.41. The maximum atomic E-state index is 6.20. The fourth-order valence-electron chi connectivity index (χ4n) is 3.14. The molecule has 23 heavy (non-hydrogen) atoms. The average molecular weight is 308 g/mol. The lowest BCUT2D eigenvalue weighted by Gasteiger charge is -2.32. The molecule has 4 rings (SSSR count). The van der Waals surface area contributed by atoms with Crippen molar-refractivity contribution in [3.63, 3.8) is 0 Å². The molecule has 0 unspecified atom stereocenters. The van der Waals surface area contributed by atoms with Gasteiger partial charge in [-0.25, -0.2) is 0 Å². The van der Waals surface area contributed by atoms with Gasteiger partial charge >= 0.3 is 7.12 Å². The Hall–Kier alpha value is -1.78. The second kappa shape index (κ2) is 4.86. The van der Waals surface area contributed by atoms with Gasteiger partial charge in [-0.15, -0.1) is 0 Å². The first-order valence-electron chi connectivity index (χ1n) is 8.09. The topological polar surface area (TPSA) is 27.7 Å². The minimum atomic E-state index is -0.403. The molecular weight excluding hydrogens is 287 g/mol. The summed E-state index contributed by atoms with van der Waals surface area (Å²) in [6, 6.07) is 14.5. The SMILES string of the molecule is CC1(C)OB(c2cccc3c2OCc2ccccc2-3)OC1(C)C. The fraction of sp³-hybridized carbons (Fsp3) is 0.368. The van der Waals surface area contributed by atoms with E-state index in [0.717, 1.165) is 16.8 Å². The molecule has 4 heteroatoms. The van der Waals surface area contributed by atoms with Crippen molar-refractivity contribution in [3.05, 3.63) is 48.0 Å². The van der Waals surface area contributed by atoms with E-state index in [9.17, 15) is 0 Å². The molecule has 0 bridgehead atoms. The van der Waals surface area contributed by atoms with Crippen LogP contribution < -0.4 is 10.2 Å². The molecule has 0 N–H and O–H groups in total. The zero-order valence-electron chi connectivity index (χ0n) is 14.1. The summed E-state index contributed by atoms with van der Waals surface area (Å²) in [4.78, 5) is 0. The number of rotatable bonds is 1. The molecule has 1 fully saturated rings. The van der Waals surface area contributed by atoms with Crippen molar-refractivity contribution >= 4 is 12.6 Å². The predicted octanol–water partition coefficient (Wildman–Crippen LogP) is 3.55. The standard InChI is InChI=1S/C19H21BO3/c1-18(2)19(3,4)23-20(22-18)16-11-7-10-15-14-9-6-5-8-13(14)12-21-17(15)16/h5-11H,12H2,1-4H3. The van der Waals surface area contributed by atoms with Gasteiger partial charge in [0.25, 0.3) is 0 Å². The number of hydrogen-bond donors (Lipinski definition) is 0. The third kappa shape index (κ3) is 2.20. The first-order valence-corrected chi connectivity index (χ1v) is 8.09. The predicted molar refractivity (Wildman–Crippen MR) is 91.9 cm³/mol. The smallest absolute Gasteiger partial charge is 0.489 e. The average Bonchev–Trinajstić information content (AvgIpc) is 2.74. The summed E-state index contributed by atoms with van der Waals surface area (Å²) in [5, 5.41) is 0. The highest BCUT2D eigenvalue weighted by Gasteiger charge is 2.52. The van der Waals surface area contributed by atoms with Crippen LogP contribution in [0, 0.1) is 0 Å². The highest BCUT2D eigenvalue weighted by atomic mass is 16.7. The van der Waals surface area contributed by atoms with E-state index in [-0.39, 0.29) is 11.2 Å². The molecule has 2 aromatic carbocycles. The van der Waals surface area contributed by atoms with Crippen molar-refractivity contribution < 1.29 is 14.0 Å². The summed E-state index contributed by atoms with van der Waals surface area (Å²) < 4.78 is 18.5. The Kier molecular flexibility index (Phi) is 3.13. The molecule has 118 valence electrons. The molecule has 2 aliphatic rings. The van der Waals surface area contributed by atoms with Crippen LogP contribution in [-0.2, 0) is 15.9 Å². The Morgan fingerprint density at radius 2 is 1.48 bits per heavy atom. The zero-order chi connectivity index (χ0) is 16.2. The van der Waals surface area contributed by atoms with Crippen LogP contribution in [-0.4, -0.2) is 18.3 Å². The van der Waals surface area contributed by atoms with Gasteiger partial charge in [-0.1, -0.05) is 42.5 Å². The Bertz CT molecular complexity index is 751. The van der Waals surface area contributed by atoms with E-state index in [0.29, 0.717) is 6.61 Å². The van der Waals surface area contributed by atoms with Gasteiger partial charge in [0.05, 0.1) is 11.2 Å². The maximum absolute atomic E-state index is 6.20. The van der Waals surface area contributed by atoms with Crippen molar-refractivity contribution in [2.75, 3.05) is 0 Å². The van der Waals surface area contributed by atoms with Crippen LogP contribution in [0.5, 0.6) is 5.75 Å². The molecule has 0 spiro atoms. The molecule has 2 aliphatic heterocycles. The minimum absolute atomic E-state index is 0.354. The van der Waals surface area contributed by atoms with E-state index in [1.165, 1.54) is 11.1 Å². The van der Waals surface area contributed by atoms with E-state index in [1.807, 2.05) is 18.2 Å². The molecular formula is C19H21BO3. The van der Waals surface area contributed by atoms with Crippen molar-refractivity contribution in [2.24, 2.45) is 0 Å². The molecule has 0 amide bonds. The number of benzene rings is 2. The van der Waals surface area contributed by atoms with Crippen molar-refractivity contribution in [2.45, 2.75) is 45.5 Å². The molecule has 3 nitrogen and oxygen atoms in total. The van der Waals surface area contributed by atoms with E-state index in [2.05, 4.69) is 52.0 Å². The number of fused-ring (bicyclic) bond motifs is 3. The fourth-order valence-corrected chi connectivity index (χ4v) is 3.14. The summed E-state index contributed by atoms with van der Waals surface area (Å²) in [5.41, 5.74) is 3.81. The summed E-state index contributed by atoms with van der Waals surface area (Å²) in [5.74, 6) is 0.879. The van der Waals surface area contributed by atoms with E-state index in [1.54, 1.807) is 0 Å². The van der Waals surface area contributed by atoms with Crippen molar-refractivity contribution in [3.8, 4) is 16.9 Å². The number of hydrogen-bond acceptors (Lipinski definition) is 3. The van der Waals surface area contributed by atoms with Crippen molar-refractivity contribution in [1.29, 1.82) is 0 Å². The summed E-state index contributed by atoms with van der Waals surface area (Å²) in [7, 11) is -0.403. The van der Waals surface area contributed by atoms with E-state index < -0.39 is 7.12 Å². The number of para-hydroxylation sites is 1. The minimum Gasteiger partial charge on any atom is -0.489 e. The van der Waals surface area contributed by atoms with Crippen LogP contribution in [0.4, 0.5) is 0 Å². The van der Waals surface area contributed by atoms with Gasteiger partial charge in [0.15, 0.2) is 0 Å². The summed E-state index contributed by atoms with van der Waals surface area (Å²) in [6.07, 6.45) is 0. The van der Waals surface area contributed by atoms with Gasteiger partial charge in [-0.05, 0) is 38.8 Å². The third-order valence-corrected chi connectivity index (χ3v) is 5.23. The van der Waals surface area contributed by atoms with Gasteiger partial charge in [0.2, 0.25) is 0 Å². The monoisotopic (exact) mass is 308 g/mol. The summed E-state index contributed by atoms with van der Waals surface area (Å²) >= 11 is 0. The Morgan fingerprint density at radius 3 is 2.22 bits per heavy atom. The lowest BCUT2D eigenvalue weighted by molar-refractivity contribution is 0.00578. The largest absolute Gasteiger partial charge is 0.498 e. The number of ether oxygens (including phenoxy) is 1. The normalized spacial score (nSPS) is 20.6. The molecule has 0 saturated carbocycles. The molecule has 2 heterocycles. The van der Waals surface area contributed by atoms with Crippen LogP contribution in [0.25, 0.3) is 11.1 Å². The highest BCUT2D eigenvalue weighted by molar-refractivity contribution is 6.63. The third-order valence-electron chi connectivity index (χ3n) is 5.23. The van der Waals surface area contributed by atoms with E-state index in [4.69, 9.17) is 14.0 Å². The van der Waals surface area contributed by atoms with Gasteiger partial charge in [-0.2, -0.15) is 0 Å². The second-order valence-corrected chi connectivity index (χ2v) is 7.26.